The maximum atomic E-state index is 12.7. The minimum atomic E-state index is -0.488. The van der Waals surface area contributed by atoms with Crippen LogP contribution in [0.5, 0.6) is 11.5 Å². The van der Waals surface area contributed by atoms with E-state index in [4.69, 9.17) is 22.7 Å². The molecule has 1 heterocycles. The van der Waals surface area contributed by atoms with Gasteiger partial charge in [-0.15, -0.1) is 0 Å². The molecule has 0 fully saturated rings. The second-order valence-electron chi connectivity index (χ2n) is 6.28. The van der Waals surface area contributed by atoms with Crippen molar-refractivity contribution in [3.8, 4) is 11.5 Å². The van der Waals surface area contributed by atoms with Gasteiger partial charge in [0.15, 0.2) is 10.8 Å². The lowest BCUT2D eigenvalue weighted by atomic mass is 10.1. The summed E-state index contributed by atoms with van der Waals surface area (Å²) >= 11 is 4.92. The number of hydrogen-bond donors (Lipinski definition) is 2. The summed E-state index contributed by atoms with van der Waals surface area (Å²) < 4.78 is 5.77. The lowest BCUT2D eigenvalue weighted by Crippen LogP contribution is -2.36. The van der Waals surface area contributed by atoms with Crippen LogP contribution < -0.4 is 15.9 Å². The van der Waals surface area contributed by atoms with Crippen molar-refractivity contribution >= 4 is 40.3 Å². The fourth-order valence-electron chi connectivity index (χ4n) is 2.78. The van der Waals surface area contributed by atoms with Crippen LogP contribution in [0, 0.1) is 0 Å². The van der Waals surface area contributed by atoms with E-state index < -0.39 is 5.91 Å². The van der Waals surface area contributed by atoms with Crippen molar-refractivity contribution in [2.24, 2.45) is 15.9 Å². The molecule has 0 saturated heterocycles. The number of hydrazone groups is 2. The van der Waals surface area contributed by atoms with Crippen LogP contribution in [0.3, 0.4) is 0 Å². The Labute approximate surface area is 178 Å². The lowest BCUT2D eigenvalue weighted by molar-refractivity contribution is -0.119. The summed E-state index contributed by atoms with van der Waals surface area (Å²) in [4.78, 5) is 12.7. The third kappa shape index (κ3) is 4.18. The van der Waals surface area contributed by atoms with Gasteiger partial charge in [0, 0.05) is 5.56 Å². The van der Waals surface area contributed by atoms with Crippen molar-refractivity contribution in [3.05, 3.63) is 90.5 Å². The molecule has 3 aromatic rings. The Bertz CT molecular complexity index is 1130. The zero-order valence-corrected chi connectivity index (χ0v) is 16.5. The van der Waals surface area contributed by atoms with E-state index in [-0.39, 0.29) is 10.8 Å². The number of thiocarbonyl (C=S) groups is 1. The Morgan fingerprint density at radius 2 is 1.53 bits per heavy atom. The number of benzene rings is 3. The van der Waals surface area contributed by atoms with Crippen LogP contribution in [0.2, 0.25) is 0 Å². The van der Waals surface area contributed by atoms with Gasteiger partial charge in [-0.05, 0) is 48.6 Å². The van der Waals surface area contributed by atoms with Crippen molar-refractivity contribution in [1.82, 2.24) is 5.01 Å². The highest BCUT2D eigenvalue weighted by Gasteiger charge is 2.34. The zero-order valence-electron chi connectivity index (χ0n) is 15.7. The third-order valence-corrected chi connectivity index (χ3v) is 4.38. The van der Waals surface area contributed by atoms with Gasteiger partial charge in [0.25, 0.3) is 0 Å². The minimum Gasteiger partial charge on any atom is -0.457 e. The van der Waals surface area contributed by atoms with Crippen LogP contribution in [0.4, 0.5) is 5.69 Å². The quantitative estimate of drug-likeness (QED) is 0.489. The maximum absolute atomic E-state index is 12.7. The number of ether oxygens (including phenoxy) is 1. The largest absolute Gasteiger partial charge is 0.457 e. The minimum absolute atomic E-state index is 0.124. The number of hydrogen-bond acceptors (Lipinski definition) is 6. The Hall–Kier alpha value is -4.04. The summed E-state index contributed by atoms with van der Waals surface area (Å²) in [6.45, 7) is 0. The van der Waals surface area contributed by atoms with Gasteiger partial charge in [0.2, 0.25) is 0 Å². The van der Waals surface area contributed by atoms with E-state index in [2.05, 4.69) is 15.6 Å². The van der Waals surface area contributed by atoms with Crippen molar-refractivity contribution in [2.45, 2.75) is 0 Å². The number of amides is 1. The molecule has 1 amide bonds. The molecule has 148 valence electrons. The Balaban J connectivity index is 1.54. The van der Waals surface area contributed by atoms with E-state index in [1.165, 1.54) is 0 Å². The fraction of sp³-hybridized carbons (Fsp3) is 0. The first kappa shape index (κ1) is 19.3. The number of rotatable bonds is 5. The van der Waals surface area contributed by atoms with Crippen LogP contribution in [-0.4, -0.2) is 27.5 Å². The molecule has 3 N–H and O–H groups in total. The van der Waals surface area contributed by atoms with Gasteiger partial charge in [-0.25, -0.2) is 0 Å². The molecule has 0 aromatic heterocycles. The Morgan fingerprint density at radius 3 is 2.17 bits per heavy atom. The molecular formula is C22H17N5O2S. The first-order valence-corrected chi connectivity index (χ1v) is 9.47. The molecule has 0 aliphatic carbocycles. The van der Waals surface area contributed by atoms with Gasteiger partial charge in [0.05, 0.1) is 5.69 Å². The smallest absolute Gasteiger partial charge is 0.303 e. The monoisotopic (exact) mass is 415 g/mol. The molecule has 4 rings (SSSR count). The summed E-state index contributed by atoms with van der Waals surface area (Å²) in [6, 6.07) is 25.9. The second-order valence-corrected chi connectivity index (χ2v) is 6.70. The zero-order chi connectivity index (χ0) is 20.9. The summed E-state index contributed by atoms with van der Waals surface area (Å²) in [5, 5.41) is 9.33. The summed E-state index contributed by atoms with van der Waals surface area (Å²) in [5.74, 6) is 0.942. The van der Waals surface area contributed by atoms with E-state index in [0.717, 1.165) is 16.3 Å². The van der Waals surface area contributed by atoms with Crippen LogP contribution in [0.15, 0.2) is 95.1 Å². The SMILES string of the molecule is NC(=S)N1N=C(c2ccccc2)/C(=N\Nc2ccc(Oc3ccccc3)cc2)C1=O. The maximum Gasteiger partial charge on any atom is 0.303 e. The molecular weight excluding hydrogens is 398 g/mol. The van der Waals surface area contributed by atoms with Gasteiger partial charge in [-0.1, -0.05) is 48.5 Å². The number of para-hydroxylation sites is 1. The summed E-state index contributed by atoms with van der Waals surface area (Å²) in [6.07, 6.45) is 0. The highest BCUT2D eigenvalue weighted by atomic mass is 32.1. The standard InChI is InChI=1S/C22H17N5O2S/c23-22(30)27-21(28)20(19(26-27)15-7-3-1-4-8-15)25-24-16-11-13-18(14-12-16)29-17-9-5-2-6-10-17/h1-14,24H,(H2,23,30)/b25-20+. The number of anilines is 1. The van der Waals surface area contributed by atoms with Gasteiger partial charge >= 0.3 is 5.91 Å². The molecule has 1 aliphatic heterocycles. The molecule has 0 unspecified atom stereocenters. The molecule has 0 saturated carbocycles. The number of nitrogens with zero attached hydrogens (tertiary/aromatic N) is 3. The highest BCUT2D eigenvalue weighted by molar-refractivity contribution is 7.80. The first-order valence-electron chi connectivity index (χ1n) is 9.07. The van der Waals surface area contributed by atoms with E-state index in [1.54, 1.807) is 24.3 Å². The number of nitrogens with two attached hydrogens (primary N) is 1. The first-order chi connectivity index (χ1) is 14.6. The van der Waals surface area contributed by atoms with E-state index >= 15 is 0 Å². The molecule has 0 spiro atoms. The van der Waals surface area contributed by atoms with Crippen molar-refractivity contribution in [1.29, 1.82) is 0 Å². The summed E-state index contributed by atoms with van der Waals surface area (Å²) in [7, 11) is 0. The predicted molar refractivity (Wildman–Crippen MR) is 121 cm³/mol. The fourth-order valence-corrected chi connectivity index (χ4v) is 2.90. The average Bonchev–Trinajstić information content (AvgIpc) is 3.11. The summed E-state index contributed by atoms with van der Waals surface area (Å²) in [5.41, 5.74) is 10.4. The second kappa shape index (κ2) is 8.54. The highest BCUT2D eigenvalue weighted by Crippen LogP contribution is 2.23. The van der Waals surface area contributed by atoms with E-state index in [1.807, 2.05) is 60.7 Å². The molecule has 0 bridgehead atoms. The molecule has 0 radical (unpaired) electrons. The molecule has 1 aliphatic rings. The van der Waals surface area contributed by atoms with Crippen LogP contribution in [-0.2, 0) is 4.79 Å². The van der Waals surface area contributed by atoms with E-state index in [9.17, 15) is 4.79 Å². The third-order valence-electron chi connectivity index (χ3n) is 4.21. The molecule has 30 heavy (non-hydrogen) atoms. The van der Waals surface area contributed by atoms with Crippen molar-refractivity contribution in [3.63, 3.8) is 0 Å². The van der Waals surface area contributed by atoms with Crippen LogP contribution in [0.1, 0.15) is 5.56 Å². The Kier molecular flexibility index (Phi) is 5.49. The van der Waals surface area contributed by atoms with Crippen molar-refractivity contribution < 1.29 is 9.53 Å². The Morgan fingerprint density at radius 1 is 0.933 bits per heavy atom. The molecule has 3 aromatic carbocycles. The van der Waals surface area contributed by atoms with Gasteiger partial charge < -0.3 is 10.5 Å². The molecule has 7 nitrogen and oxygen atoms in total. The number of nitrogens with one attached hydrogen (secondary N) is 1. The number of carbonyl (C=O) groups excluding carboxylic acids is 1. The van der Waals surface area contributed by atoms with E-state index in [0.29, 0.717) is 17.1 Å². The normalized spacial score (nSPS) is 14.5. The van der Waals surface area contributed by atoms with Gasteiger partial charge in [-0.3, -0.25) is 10.2 Å². The van der Waals surface area contributed by atoms with Crippen molar-refractivity contribution in [2.75, 3.05) is 5.43 Å². The van der Waals surface area contributed by atoms with Crippen LogP contribution in [0.25, 0.3) is 0 Å². The lowest BCUT2D eigenvalue weighted by Gasteiger charge is -2.08. The average molecular weight is 415 g/mol. The van der Waals surface area contributed by atoms with Gasteiger partial charge in [-0.2, -0.15) is 15.2 Å². The predicted octanol–water partition coefficient (Wildman–Crippen LogP) is 3.74. The number of carbonyl (C=O) groups is 1. The molecule has 8 heteroatoms. The molecule has 0 atom stereocenters. The van der Waals surface area contributed by atoms with Crippen LogP contribution >= 0.6 is 12.2 Å². The van der Waals surface area contributed by atoms with Gasteiger partial charge in [0.1, 0.15) is 17.2 Å². The topological polar surface area (TPSA) is 92.3 Å².